The lowest BCUT2D eigenvalue weighted by molar-refractivity contribution is -0.123. The Morgan fingerprint density at radius 2 is 1.78 bits per heavy atom. The molecule has 1 amide bonds. The van der Waals surface area contributed by atoms with Crippen LogP contribution in [0.5, 0.6) is 0 Å². The lowest BCUT2D eigenvalue weighted by Gasteiger charge is -2.33. The van der Waals surface area contributed by atoms with Gasteiger partial charge in [0.25, 0.3) is 0 Å². The van der Waals surface area contributed by atoms with Gasteiger partial charge in [0, 0.05) is 6.54 Å². The molecule has 2 atom stereocenters. The molecule has 0 unspecified atom stereocenters. The molecular formula is C24H35N3O4S. The fourth-order valence-corrected chi connectivity index (χ4v) is 5.30. The third kappa shape index (κ3) is 6.67. The molecule has 8 heteroatoms. The molecule has 1 fully saturated rings. The van der Waals surface area contributed by atoms with Gasteiger partial charge in [-0.2, -0.15) is 4.72 Å². The largest absolute Gasteiger partial charge is 0.468 e. The maximum Gasteiger partial charge on any atom is 0.241 e. The molecule has 1 aliphatic heterocycles. The van der Waals surface area contributed by atoms with Crippen molar-refractivity contribution < 1.29 is 17.6 Å². The third-order valence-corrected chi connectivity index (χ3v) is 7.31. The lowest BCUT2D eigenvalue weighted by Crippen LogP contribution is -2.49. The van der Waals surface area contributed by atoms with Crippen LogP contribution in [-0.4, -0.2) is 44.9 Å². The first kappa shape index (κ1) is 24.5. The van der Waals surface area contributed by atoms with Crippen molar-refractivity contribution in [2.24, 2.45) is 5.92 Å². The lowest BCUT2D eigenvalue weighted by atomic mass is 10.0. The van der Waals surface area contributed by atoms with Crippen molar-refractivity contribution in [3.05, 3.63) is 54.0 Å². The molecule has 7 nitrogen and oxygen atoms in total. The van der Waals surface area contributed by atoms with Crippen LogP contribution >= 0.6 is 0 Å². The Balaban J connectivity index is 1.71. The SMILES string of the molecule is Cc1ccc(S(=O)(=O)N[C@@H](CC(C)C)C(=O)NC[C@@H](c2ccco2)N2CCCCC2)cc1. The van der Waals surface area contributed by atoms with Gasteiger partial charge in [0.1, 0.15) is 11.8 Å². The summed E-state index contributed by atoms with van der Waals surface area (Å²) in [5.74, 6) is 0.644. The van der Waals surface area contributed by atoms with Crippen molar-refractivity contribution >= 4 is 15.9 Å². The van der Waals surface area contributed by atoms with E-state index in [1.807, 2.05) is 32.9 Å². The maximum atomic E-state index is 13.1. The topological polar surface area (TPSA) is 91.6 Å². The fourth-order valence-electron chi connectivity index (χ4n) is 4.09. The van der Waals surface area contributed by atoms with Crippen LogP contribution in [0.1, 0.15) is 56.9 Å². The van der Waals surface area contributed by atoms with Gasteiger partial charge in [0.2, 0.25) is 15.9 Å². The number of aryl methyl sites for hydroxylation is 1. The van der Waals surface area contributed by atoms with Crippen molar-refractivity contribution in [2.75, 3.05) is 19.6 Å². The first-order valence-corrected chi connectivity index (χ1v) is 12.9. The highest BCUT2D eigenvalue weighted by atomic mass is 32.2. The molecule has 1 aromatic carbocycles. The van der Waals surface area contributed by atoms with E-state index < -0.39 is 16.1 Å². The van der Waals surface area contributed by atoms with Crippen LogP contribution < -0.4 is 10.0 Å². The number of likely N-dealkylation sites (tertiary alicyclic amines) is 1. The summed E-state index contributed by atoms with van der Waals surface area (Å²) in [5.41, 5.74) is 0.974. The van der Waals surface area contributed by atoms with Crippen LogP contribution in [0.25, 0.3) is 0 Å². The van der Waals surface area contributed by atoms with E-state index in [1.165, 1.54) is 6.42 Å². The molecule has 1 aliphatic rings. The minimum absolute atomic E-state index is 0.0670. The zero-order chi connectivity index (χ0) is 23.1. The summed E-state index contributed by atoms with van der Waals surface area (Å²) in [6.07, 6.45) is 5.51. The number of sulfonamides is 1. The molecule has 2 N–H and O–H groups in total. The van der Waals surface area contributed by atoms with E-state index in [-0.39, 0.29) is 22.8 Å². The molecule has 1 aromatic heterocycles. The van der Waals surface area contributed by atoms with E-state index in [2.05, 4.69) is 14.9 Å². The van der Waals surface area contributed by atoms with Crippen LogP contribution in [-0.2, 0) is 14.8 Å². The minimum Gasteiger partial charge on any atom is -0.468 e. The van der Waals surface area contributed by atoms with Crippen LogP contribution in [0.3, 0.4) is 0 Å². The normalized spacial score (nSPS) is 17.2. The Morgan fingerprint density at radius 1 is 1.09 bits per heavy atom. The Labute approximate surface area is 191 Å². The Hall–Kier alpha value is -2.16. The van der Waals surface area contributed by atoms with Gasteiger partial charge in [-0.15, -0.1) is 0 Å². The van der Waals surface area contributed by atoms with E-state index in [9.17, 15) is 13.2 Å². The summed E-state index contributed by atoms with van der Waals surface area (Å²) in [6.45, 7) is 8.12. The molecule has 1 saturated heterocycles. The van der Waals surface area contributed by atoms with Crippen molar-refractivity contribution in [1.82, 2.24) is 14.9 Å². The number of nitrogens with zero attached hydrogens (tertiary/aromatic N) is 1. The smallest absolute Gasteiger partial charge is 0.241 e. The highest BCUT2D eigenvalue weighted by Gasteiger charge is 2.29. The summed E-state index contributed by atoms with van der Waals surface area (Å²) < 4.78 is 34.1. The molecule has 0 spiro atoms. The number of hydrogen-bond acceptors (Lipinski definition) is 5. The molecule has 176 valence electrons. The predicted octanol–water partition coefficient (Wildman–Crippen LogP) is 3.62. The number of nitrogens with one attached hydrogen (secondary N) is 2. The predicted molar refractivity (Wildman–Crippen MR) is 125 cm³/mol. The molecule has 3 rings (SSSR count). The number of furan rings is 1. The second kappa shape index (κ2) is 11.1. The van der Waals surface area contributed by atoms with Gasteiger partial charge in [-0.1, -0.05) is 38.0 Å². The van der Waals surface area contributed by atoms with Gasteiger partial charge in [-0.25, -0.2) is 8.42 Å². The quantitative estimate of drug-likeness (QED) is 0.564. The zero-order valence-corrected chi connectivity index (χ0v) is 20.0. The summed E-state index contributed by atoms with van der Waals surface area (Å²) in [6, 6.07) is 9.48. The summed E-state index contributed by atoms with van der Waals surface area (Å²) in [4.78, 5) is 15.6. The van der Waals surface area contributed by atoms with Crippen LogP contribution in [0.4, 0.5) is 0 Å². The van der Waals surface area contributed by atoms with Gasteiger partial charge in [0.05, 0.1) is 17.2 Å². The number of carbonyl (C=O) groups excluding carboxylic acids is 1. The van der Waals surface area contributed by atoms with E-state index in [0.29, 0.717) is 13.0 Å². The highest BCUT2D eigenvalue weighted by Crippen LogP contribution is 2.24. The summed E-state index contributed by atoms with van der Waals surface area (Å²) >= 11 is 0. The standard InChI is InChI=1S/C24H35N3O4S/c1-18(2)16-21(26-32(29,30)20-11-9-19(3)10-12-20)24(28)25-17-22(23-8-7-15-31-23)27-13-5-4-6-14-27/h7-12,15,18,21-22,26H,4-6,13-14,16-17H2,1-3H3,(H,25,28)/t21-,22-/m0/s1. The third-order valence-electron chi connectivity index (χ3n) is 5.82. The fraction of sp³-hybridized carbons (Fsp3) is 0.542. The number of amides is 1. The van der Waals surface area contributed by atoms with E-state index in [1.54, 1.807) is 30.5 Å². The number of piperidine rings is 1. The average molecular weight is 462 g/mol. The molecule has 2 aromatic rings. The second-order valence-electron chi connectivity index (χ2n) is 8.99. The molecule has 0 radical (unpaired) electrons. The van der Waals surface area contributed by atoms with Crippen molar-refractivity contribution in [3.8, 4) is 0 Å². The molecule has 0 saturated carbocycles. The number of carbonyl (C=O) groups is 1. The van der Waals surface area contributed by atoms with Gasteiger partial charge in [0.15, 0.2) is 0 Å². The first-order valence-electron chi connectivity index (χ1n) is 11.4. The zero-order valence-electron chi connectivity index (χ0n) is 19.2. The van der Waals surface area contributed by atoms with E-state index in [0.717, 1.165) is 37.3 Å². The van der Waals surface area contributed by atoms with Crippen LogP contribution in [0.2, 0.25) is 0 Å². The van der Waals surface area contributed by atoms with Gasteiger partial charge in [-0.3, -0.25) is 9.69 Å². The monoisotopic (exact) mass is 461 g/mol. The van der Waals surface area contributed by atoms with E-state index in [4.69, 9.17) is 4.42 Å². The van der Waals surface area contributed by atoms with Gasteiger partial charge < -0.3 is 9.73 Å². The molecule has 32 heavy (non-hydrogen) atoms. The Morgan fingerprint density at radius 3 is 2.38 bits per heavy atom. The first-order chi connectivity index (χ1) is 15.3. The number of rotatable bonds is 10. The molecule has 0 aliphatic carbocycles. The number of benzene rings is 1. The van der Waals surface area contributed by atoms with Crippen LogP contribution in [0.15, 0.2) is 52.0 Å². The Kier molecular flexibility index (Phi) is 8.51. The second-order valence-corrected chi connectivity index (χ2v) is 10.7. The van der Waals surface area contributed by atoms with Crippen molar-refractivity contribution in [1.29, 1.82) is 0 Å². The van der Waals surface area contributed by atoms with Crippen molar-refractivity contribution in [2.45, 2.75) is 63.4 Å². The van der Waals surface area contributed by atoms with Gasteiger partial charge in [-0.05, 0) is 69.5 Å². The Bertz CT molecular complexity index is 950. The summed E-state index contributed by atoms with van der Waals surface area (Å²) in [7, 11) is -3.81. The molecule has 0 bridgehead atoms. The molecule has 2 heterocycles. The highest BCUT2D eigenvalue weighted by molar-refractivity contribution is 7.89. The van der Waals surface area contributed by atoms with Crippen LogP contribution in [0, 0.1) is 12.8 Å². The summed E-state index contributed by atoms with van der Waals surface area (Å²) in [5, 5.41) is 2.99. The maximum absolute atomic E-state index is 13.1. The number of hydrogen-bond donors (Lipinski definition) is 2. The molecular weight excluding hydrogens is 426 g/mol. The van der Waals surface area contributed by atoms with E-state index >= 15 is 0 Å². The van der Waals surface area contributed by atoms with Crippen molar-refractivity contribution in [3.63, 3.8) is 0 Å². The van der Waals surface area contributed by atoms with Gasteiger partial charge >= 0.3 is 0 Å². The average Bonchev–Trinajstić information content (AvgIpc) is 3.28. The minimum atomic E-state index is -3.81.